The third kappa shape index (κ3) is 4.85. The van der Waals surface area contributed by atoms with Crippen molar-refractivity contribution in [3.63, 3.8) is 0 Å². The van der Waals surface area contributed by atoms with Crippen molar-refractivity contribution < 1.29 is 30.7 Å². The SMILES string of the molecule is COc1ccnc(-n2c(-c3ccc(S(=O)(=O)N[C@@H](C)C(F)(F)F)cn3)c(C#N)c3cc(F)c(C)cc32)c1. The minimum absolute atomic E-state index is 0.0467. The molecule has 37 heavy (non-hydrogen) atoms. The van der Waals surface area contributed by atoms with Gasteiger partial charge in [0.25, 0.3) is 0 Å². The molecule has 1 N–H and O–H groups in total. The average molecular weight is 534 g/mol. The highest BCUT2D eigenvalue weighted by atomic mass is 32.2. The van der Waals surface area contributed by atoms with Crippen molar-refractivity contribution in [3.8, 4) is 29.0 Å². The van der Waals surface area contributed by atoms with Gasteiger partial charge in [-0.3, -0.25) is 9.55 Å². The Morgan fingerprint density at radius 3 is 2.49 bits per heavy atom. The van der Waals surface area contributed by atoms with Crippen molar-refractivity contribution in [1.29, 1.82) is 5.26 Å². The zero-order valence-electron chi connectivity index (χ0n) is 19.6. The van der Waals surface area contributed by atoms with Gasteiger partial charge in [-0.2, -0.15) is 23.2 Å². The lowest BCUT2D eigenvalue weighted by atomic mass is 10.1. The minimum atomic E-state index is -4.78. The molecule has 0 unspecified atom stereocenters. The van der Waals surface area contributed by atoms with Gasteiger partial charge >= 0.3 is 6.18 Å². The zero-order valence-corrected chi connectivity index (χ0v) is 20.4. The highest BCUT2D eigenvalue weighted by molar-refractivity contribution is 7.89. The number of halogens is 4. The van der Waals surface area contributed by atoms with Crippen molar-refractivity contribution in [1.82, 2.24) is 19.3 Å². The molecular formula is C24H19F4N5O3S. The second-order valence-electron chi connectivity index (χ2n) is 8.11. The number of aromatic nitrogens is 3. The van der Waals surface area contributed by atoms with Crippen LogP contribution in [0.2, 0.25) is 0 Å². The standard InChI is InChI=1S/C24H19F4N5O3S/c1-13-8-21-17(10-19(13)25)18(11-29)23(33(21)22-9-15(36-3)6-7-30-22)20-5-4-16(12-31-20)37(34,35)32-14(2)24(26,27)28/h4-10,12,14,32H,1-3H3/t14-/m0/s1. The van der Waals surface area contributed by atoms with Gasteiger partial charge in [0.05, 0.1) is 29.6 Å². The highest BCUT2D eigenvalue weighted by Gasteiger charge is 2.39. The van der Waals surface area contributed by atoms with Crippen LogP contribution in [0.3, 0.4) is 0 Å². The first-order chi connectivity index (χ1) is 17.4. The number of nitrogens with one attached hydrogen (secondary N) is 1. The molecule has 13 heteroatoms. The first-order valence-electron chi connectivity index (χ1n) is 10.7. The molecule has 0 radical (unpaired) electrons. The van der Waals surface area contributed by atoms with Crippen molar-refractivity contribution in [2.24, 2.45) is 0 Å². The van der Waals surface area contributed by atoms with Gasteiger partial charge in [0.2, 0.25) is 10.0 Å². The Morgan fingerprint density at radius 1 is 1.16 bits per heavy atom. The number of benzene rings is 1. The summed E-state index contributed by atoms with van der Waals surface area (Å²) in [5.74, 6) is 0.228. The third-order valence-corrected chi connectivity index (χ3v) is 7.18. The molecular weight excluding hydrogens is 514 g/mol. The molecule has 4 aromatic rings. The molecule has 0 spiro atoms. The van der Waals surface area contributed by atoms with Gasteiger partial charge in [-0.05, 0) is 49.7 Å². The fraction of sp³-hybridized carbons (Fsp3) is 0.208. The van der Waals surface area contributed by atoms with Crippen LogP contribution >= 0.6 is 0 Å². The van der Waals surface area contributed by atoms with Crippen LogP contribution in [0.1, 0.15) is 18.1 Å². The summed E-state index contributed by atoms with van der Waals surface area (Å²) in [6.45, 7) is 2.24. The number of nitrogens with zero attached hydrogens (tertiary/aromatic N) is 4. The second-order valence-corrected chi connectivity index (χ2v) is 9.82. The molecule has 0 saturated heterocycles. The quantitative estimate of drug-likeness (QED) is 0.362. The second kappa shape index (κ2) is 9.45. The fourth-order valence-corrected chi connectivity index (χ4v) is 4.87. The molecule has 0 amide bonds. The first kappa shape index (κ1) is 26.1. The maximum atomic E-state index is 14.5. The van der Waals surface area contributed by atoms with Crippen molar-refractivity contribution in [3.05, 3.63) is 65.7 Å². The summed E-state index contributed by atoms with van der Waals surface area (Å²) >= 11 is 0. The topological polar surface area (TPSA) is 110 Å². The van der Waals surface area contributed by atoms with Crippen LogP contribution in [0.5, 0.6) is 5.75 Å². The number of fused-ring (bicyclic) bond motifs is 1. The number of sulfonamides is 1. The number of nitriles is 1. The summed E-state index contributed by atoms with van der Waals surface area (Å²) in [5.41, 5.74) is 1.09. The van der Waals surface area contributed by atoms with Crippen molar-refractivity contribution in [2.75, 3.05) is 7.11 Å². The van der Waals surface area contributed by atoms with E-state index in [0.717, 1.165) is 12.3 Å². The van der Waals surface area contributed by atoms with E-state index in [4.69, 9.17) is 4.74 Å². The van der Waals surface area contributed by atoms with Gasteiger partial charge in [0.15, 0.2) is 0 Å². The number of pyridine rings is 2. The number of hydrogen-bond acceptors (Lipinski definition) is 6. The zero-order chi connectivity index (χ0) is 27.1. The normalized spacial score (nSPS) is 12.9. The van der Waals surface area contributed by atoms with Gasteiger partial charge in [-0.15, -0.1) is 0 Å². The van der Waals surface area contributed by atoms with E-state index in [0.29, 0.717) is 29.6 Å². The molecule has 3 heterocycles. The van der Waals surface area contributed by atoms with E-state index >= 15 is 0 Å². The molecule has 192 valence electrons. The molecule has 1 aromatic carbocycles. The number of alkyl halides is 3. The molecule has 4 rings (SSSR count). The lowest BCUT2D eigenvalue weighted by Gasteiger charge is -2.17. The molecule has 0 bridgehead atoms. The summed E-state index contributed by atoms with van der Waals surface area (Å²) in [6, 6.07) is 8.00. The van der Waals surface area contributed by atoms with Gasteiger partial charge in [-0.1, -0.05) is 0 Å². The Morgan fingerprint density at radius 2 is 1.89 bits per heavy atom. The van der Waals surface area contributed by atoms with E-state index in [1.165, 1.54) is 31.5 Å². The molecule has 1 atom stereocenters. The van der Waals surface area contributed by atoms with Gasteiger partial charge in [0.1, 0.15) is 34.4 Å². The minimum Gasteiger partial charge on any atom is -0.497 e. The lowest BCUT2D eigenvalue weighted by molar-refractivity contribution is -0.147. The molecule has 0 aliphatic rings. The van der Waals surface area contributed by atoms with E-state index < -0.39 is 33.0 Å². The Hall–Kier alpha value is -4.02. The Kier molecular flexibility index (Phi) is 6.66. The summed E-state index contributed by atoms with van der Waals surface area (Å²) in [5, 5.41) is 10.3. The van der Waals surface area contributed by atoms with Crippen LogP contribution < -0.4 is 9.46 Å². The van der Waals surface area contributed by atoms with Crippen LogP contribution in [0.25, 0.3) is 28.1 Å². The lowest BCUT2D eigenvalue weighted by Crippen LogP contribution is -2.42. The first-order valence-corrected chi connectivity index (χ1v) is 12.2. The molecule has 0 aliphatic carbocycles. The maximum Gasteiger partial charge on any atom is 0.404 e. The number of methoxy groups -OCH3 is 1. The van der Waals surface area contributed by atoms with Crippen LogP contribution in [0.4, 0.5) is 17.6 Å². The number of ether oxygens (including phenoxy) is 1. The van der Waals surface area contributed by atoms with E-state index in [9.17, 15) is 31.2 Å². The number of hydrogen-bond donors (Lipinski definition) is 1. The van der Waals surface area contributed by atoms with E-state index in [1.54, 1.807) is 28.3 Å². The largest absolute Gasteiger partial charge is 0.497 e. The van der Waals surface area contributed by atoms with Crippen molar-refractivity contribution >= 4 is 20.9 Å². The summed E-state index contributed by atoms with van der Waals surface area (Å²) in [7, 11) is -3.09. The van der Waals surface area contributed by atoms with Gasteiger partial charge in [-0.25, -0.2) is 17.8 Å². The number of aryl methyl sites for hydroxylation is 1. The van der Waals surface area contributed by atoms with Gasteiger partial charge < -0.3 is 4.74 Å². The van der Waals surface area contributed by atoms with E-state index in [1.807, 2.05) is 6.07 Å². The molecule has 3 aromatic heterocycles. The predicted molar refractivity (Wildman–Crippen MR) is 126 cm³/mol. The predicted octanol–water partition coefficient (Wildman–Crippen LogP) is 4.64. The summed E-state index contributed by atoms with van der Waals surface area (Å²) in [6.07, 6.45) is -2.42. The number of rotatable bonds is 6. The van der Waals surface area contributed by atoms with E-state index in [-0.39, 0.29) is 22.3 Å². The highest BCUT2D eigenvalue weighted by Crippen LogP contribution is 2.37. The fourth-order valence-electron chi connectivity index (χ4n) is 3.70. The van der Waals surface area contributed by atoms with Crippen LogP contribution in [-0.4, -0.2) is 42.3 Å². The molecule has 0 fully saturated rings. The summed E-state index contributed by atoms with van der Waals surface area (Å²) < 4.78 is 86.4. The summed E-state index contributed by atoms with van der Waals surface area (Å²) in [4.78, 5) is 7.98. The van der Waals surface area contributed by atoms with Crippen molar-refractivity contribution in [2.45, 2.75) is 31.0 Å². The smallest absolute Gasteiger partial charge is 0.404 e. The molecule has 0 saturated carbocycles. The average Bonchev–Trinajstić information content (AvgIpc) is 3.16. The van der Waals surface area contributed by atoms with Gasteiger partial charge in [0, 0.05) is 23.8 Å². The Labute approximate surface area is 209 Å². The van der Waals surface area contributed by atoms with Crippen LogP contribution in [-0.2, 0) is 10.0 Å². The van der Waals surface area contributed by atoms with Crippen LogP contribution in [0, 0.1) is 24.1 Å². The monoisotopic (exact) mass is 533 g/mol. The third-order valence-electron chi connectivity index (χ3n) is 5.65. The van der Waals surface area contributed by atoms with Crippen LogP contribution in [0.15, 0.2) is 53.7 Å². The maximum absolute atomic E-state index is 14.5. The Bertz CT molecular complexity index is 1640. The Balaban J connectivity index is 1.93. The molecule has 8 nitrogen and oxygen atoms in total. The molecule has 0 aliphatic heterocycles. The van der Waals surface area contributed by atoms with E-state index in [2.05, 4.69) is 9.97 Å².